The van der Waals surface area contributed by atoms with Crippen LogP contribution in [0.5, 0.6) is 0 Å². The molecule has 0 bridgehead atoms. The highest BCUT2D eigenvalue weighted by molar-refractivity contribution is 5.53. The van der Waals surface area contributed by atoms with E-state index in [1.54, 1.807) is 0 Å². The van der Waals surface area contributed by atoms with Crippen LogP contribution in [0.15, 0.2) is 41.0 Å². The second-order valence-electron chi connectivity index (χ2n) is 5.82. The van der Waals surface area contributed by atoms with Gasteiger partial charge in [0.2, 0.25) is 0 Å². The first-order chi connectivity index (χ1) is 10.3. The van der Waals surface area contributed by atoms with E-state index in [0.717, 1.165) is 31.4 Å². The summed E-state index contributed by atoms with van der Waals surface area (Å²) in [7, 11) is 0. The standard InChI is InChI=1S/C18H24N2O/c1-3-20(17-7-5-4-6-14(17)2)13-18-15(10-11-21-18)12-19-16-8-9-16/h4-7,10-11,16,19H,3,8-9,12-13H2,1-2H3. The summed E-state index contributed by atoms with van der Waals surface area (Å²) < 4.78 is 5.73. The summed E-state index contributed by atoms with van der Waals surface area (Å²) in [4.78, 5) is 2.37. The summed E-state index contributed by atoms with van der Waals surface area (Å²) in [5.41, 5.74) is 3.88. The highest BCUT2D eigenvalue weighted by Crippen LogP contribution is 2.24. The number of furan rings is 1. The molecule has 0 aliphatic heterocycles. The molecule has 0 atom stereocenters. The SMILES string of the molecule is CCN(Cc1occc1CNC1CC1)c1ccccc1C. The van der Waals surface area contributed by atoms with Crippen molar-refractivity contribution in [2.45, 2.75) is 45.8 Å². The normalized spacial score (nSPS) is 14.4. The van der Waals surface area contributed by atoms with Crippen LogP contribution in [-0.4, -0.2) is 12.6 Å². The lowest BCUT2D eigenvalue weighted by molar-refractivity contribution is 0.495. The van der Waals surface area contributed by atoms with Crippen molar-refractivity contribution >= 4 is 5.69 Å². The molecule has 21 heavy (non-hydrogen) atoms. The molecule has 1 fully saturated rings. The molecule has 3 heteroatoms. The van der Waals surface area contributed by atoms with Crippen molar-refractivity contribution in [1.82, 2.24) is 5.32 Å². The maximum atomic E-state index is 5.73. The quantitative estimate of drug-likeness (QED) is 0.836. The van der Waals surface area contributed by atoms with Crippen LogP contribution in [0.25, 0.3) is 0 Å². The van der Waals surface area contributed by atoms with E-state index in [9.17, 15) is 0 Å². The number of rotatable bonds is 7. The largest absolute Gasteiger partial charge is 0.467 e. The first-order valence-corrected chi connectivity index (χ1v) is 7.87. The highest BCUT2D eigenvalue weighted by Gasteiger charge is 2.21. The van der Waals surface area contributed by atoms with E-state index < -0.39 is 0 Å². The van der Waals surface area contributed by atoms with Gasteiger partial charge in [0.05, 0.1) is 12.8 Å². The van der Waals surface area contributed by atoms with E-state index >= 15 is 0 Å². The van der Waals surface area contributed by atoms with Crippen LogP contribution in [0, 0.1) is 6.92 Å². The van der Waals surface area contributed by atoms with E-state index in [4.69, 9.17) is 4.42 Å². The van der Waals surface area contributed by atoms with Crippen molar-refractivity contribution < 1.29 is 4.42 Å². The second kappa shape index (κ2) is 6.35. The van der Waals surface area contributed by atoms with Crippen LogP contribution < -0.4 is 10.2 Å². The number of hydrogen-bond acceptors (Lipinski definition) is 3. The molecule has 0 saturated heterocycles. The summed E-state index contributed by atoms with van der Waals surface area (Å²) in [6, 6.07) is 11.4. The first-order valence-electron chi connectivity index (χ1n) is 7.87. The summed E-state index contributed by atoms with van der Waals surface area (Å²) in [5, 5.41) is 3.56. The molecule has 1 heterocycles. The Morgan fingerprint density at radius 1 is 1.24 bits per heavy atom. The van der Waals surface area contributed by atoms with Crippen LogP contribution in [0.1, 0.15) is 36.7 Å². The van der Waals surface area contributed by atoms with Crippen molar-refractivity contribution in [1.29, 1.82) is 0 Å². The van der Waals surface area contributed by atoms with Gasteiger partial charge in [0.1, 0.15) is 5.76 Å². The molecule has 0 radical (unpaired) electrons. The molecule has 1 aliphatic carbocycles. The molecule has 0 amide bonds. The zero-order valence-electron chi connectivity index (χ0n) is 12.9. The Hall–Kier alpha value is -1.74. The number of nitrogens with one attached hydrogen (secondary N) is 1. The van der Waals surface area contributed by atoms with Crippen molar-refractivity contribution in [3.63, 3.8) is 0 Å². The Kier molecular flexibility index (Phi) is 4.30. The lowest BCUT2D eigenvalue weighted by atomic mass is 10.1. The van der Waals surface area contributed by atoms with Crippen LogP contribution in [0.3, 0.4) is 0 Å². The molecular formula is C18H24N2O. The lowest BCUT2D eigenvalue weighted by Crippen LogP contribution is -2.24. The predicted molar refractivity (Wildman–Crippen MR) is 86.5 cm³/mol. The average Bonchev–Trinajstić information content (AvgIpc) is 3.23. The van der Waals surface area contributed by atoms with Crippen molar-refractivity contribution in [3.05, 3.63) is 53.5 Å². The Labute approximate surface area is 127 Å². The van der Waals surface area contributed by atoms with Crippen LogP contribution in [0.2, 0.25) is 0 Å². The summed E-state index contributed by atoms with van der Waals surface area (Å²) in [5.74, 6) is 1.08. The molecule has 3 nitrogen and oxygen atoms in total. The predicted octanol–water partition coefficient (Wildman–Crippen LogP) is 3.87. The zero-order chi connectivity index (χ0) is 14.7. The Morgan fingerprint density at radius 2 is 2.05 bits per heavy atom. The molecule has 1 saturated carbocycles. The van der Waals surface area contributed by atoms with Gasteiger partial charge in [0, 0.05) is 30.4 Å². The second-order valence-corrected chi connectivity index (χ2v) is 5.82. The van der Waals surface area contributed by atoms with Gasteiger partial charge in [0.15, 0.2) is 0 Å². The third-order valence-corrected chi connectivity index (χ3v) is 4.17. The van der Waals surface area contributed by atoms with Crippen LogP contribution in [-0.2, 0) is 13.1 Å². The van der Waals surface area contributed by atoms with Crippen molar-refractivity contribution in [3.8, 4) is 0 Å². The topological polar surface area (TPSA) is 28.4 Å². The minimum atomic E-state index is 0.728. The summed E-state index contributed by atoms with van der Waals surface area (Å²) in [6.07, 6.45) is 4.44. The smallest absolute Gasteiger partial charge is 0.127 e. The number of anilines is 1. The highest BCUT2D eigenvalue weighted by atomic mass is 16.3. The van der Waals surface area contributed by atoms with Gasteiger partial charge in [-0.15, -0.1) is 0 Å². The van der Waals surface area contributed by atoms with E-state index in [-0.39, 0.29) is 0 Å². The average molecular weight is 284 g/mol. The van der Waals surface area contributed by atoms with Crippen molar-refractivity contribution in [2.75, 3.05) is 11.4 Å². The van der Waals surface area contributed by atoms with Crippen molar-refractivity contribution in [2.24, 2.45) is 0 Å². The van der Waals surface area contributed by atoms with Gasteiger partial charge in [-0.25, -0.2) is 0 Å². The fraction of sp³-hybridized carbons (Fsp3) is 0.444. The van der Waals surface area contributed by atoms with Gasteiger partial charge in [-0.3, -0.25) is 0 Å². The lowest BCUT2D eigenvalue weighted by Gasteiger charge is -2.24. The number of para-hydroxylation sites is 1. The summed E-state index contributed by atoms with van der Waals surface area (Å²) in [6.45, 7) is 7.08. The van der Waals surface area contributed by atoms with Gasteiger partial charge < -0.3 is 14.6 Å². The first kappa shape index (κ1) is 14.2. The number of aryl methyl sites for hydroxylation is 1. The third-order valence-electron chi connectivity index (χ3n) is 4.17. The van der Waals surface area contributed by atoms with E-state index in [0.29, 0.717) is 0 Å². The number of hydrogen-bond donors (Lipinski definition) is 1. The molecule has 1 aromatic carbocycles. The third kappa shape index (κ3) is 3.48. The van der Waals surface area contributed by atoms with Crippen LogP contribution in [0.4, 0.5) is 5.69 Å². The van der Waals surface area contributed by atoms with Gasteiger partial charge in [0.25, 0.3) is 0 Å². The molecule has 0 unspecified atom stereocenters. The van der Waals surface area contributed by atoms with Gasteiger partial charge in [-0.05, 0) is 44.4 Å². The Morgan fingerprint density at radius 3 is 2.76 bits per heavy atom. The van der Waals surface area contributed by atoms with Gasteiger partial charge in [-0.1, -0.05) is 18.2 Å². The molecule has 3 rings (SSSR count). The molecule has 1 N–H and O–H groups in total. The van der Waals surface area contributed by atoms with E-state index in [1.807, 2.05) is 6.26 Å². The fourth-order valence-electron chi connectivity index (χ4n) is 2.66. The molecule has 112 valence electrons. The fourth-order valence-corrected chi connectivity index (χ4v) is 2.66. The molecular weight excluding hydrogens is 260 g/mol. The molecule has 0 spiro atoms. The van der Waals surface area contributed by atoms with Gasteiger partial charge >= 0.3 is 0 Å². The minimum Gasteiger partial charge on any atom is -0.467 e. The zero-order valence-corrected chi connectivity index (χ0v) is 12.9. The van der Waals surface area contributed by atoms with E-state index in [2.05, 4.69) is 54.4 Å². The van der Waals surface area contributed by atoms with Crippen LogP contribution >= 0.6 is 0 Å². The molecule has 1 aromatic heterocycles. The monoisotopic (exact) mass is 284 g/mol. The summed E-state index contributed by atoms with van der Waals surface area (Å²) >= 11 is 0. The molecule has 1 aliphatic rings. The Balaban J connectivity index is 1.71. The maximum Gasteiger partial charge on any atom is 0.127 e. The maximum absolute atomic E-state index is 5.73. The Bertz CT molecular complexity index is 586. The number of benzene rings is 1. The molecule has 2 aromatic rings. The van der Waals surface area contributed by atoms with E-state index in [1.165, 1.54) is 29.7 Å². The minimum absolute atomic E-state index is 0.728. The van der Waals surface area contributed by atoms with Gasteiger partial charge in [-0.2, -0.15) is 0 Å². The number of nitrogens with zero attached hydrogens (tertiary/aromatic N) is 1.